The maximum atomic E-state index is 13.2. The number of carboxylic acids is 1. The summed E-state index contributed by atoms with van der Waals surface area (Å²) in [5, 5.41) is 21.3. The number of fused-ring (bicyclic) bond motifs is 1. The van der Waals surface area contributed by atoms with E-state index < -0.39 is 28.5 Å². The lowest BCUT2D eigenvalue weighted by atomic mass is 10.0. The van der Waals surface area contributed by atoms with Crippen LogP contribution in [0.2, 0.25) is 0 Å². The third-order valence-corrected chi connectivity index (χ3v) is 7.67. The van der Waals surface area contributed by atoms with Crippen molar-refractivity contribution in [2.45, 2.75) is 42.3 Å². The van der Waals surface area contributed by atoms with E-state index >= 15 is 0 Å². The molecule has 0 aliphatic heterocycles. The zero-order valence-corrected chi connectivity index (χ0v) is 20.7. The zero-order valence-electron chi connectivity index (χ0n) is 18.3. The Morgan fingerprint density at radius 3 is 2.35 bits per heavy atom. The SMILES string of the molecule is CN(C)Cc1c(O)c(Br)cc2c1c(C(=O)O)c(CS(=O)c1ccc(C(F)(F)F)cc1)n2C1CC1. The first-order chi connectivity index (χ1) is 15.9. The fraction of sp³-hybridized carbons (Fsp3) is 0.348. The van der Waals surface area contributed by atoms with Crippen LogP contribution in [-0.4, -0.2) is 44.0 Å². The smallest absolute Gasteiger partial charge is 0.416 e. The second-order valence-electron chi connectivity index (χ2n) is 8.56. The van der Waals surface area contributed by atoms with Crippen LogP contribution in [0.5, 0.6) is 5.75 Å². The number of alkyl halides is 3. The molecule has 4 rings (SSSR count). The van der Waals surface area contributed by atoms with Crippen molar-refractivity contribution in [2.75, 3.05) is 14.1 Å². The lowest BCUT2D eigenvalue weighted by Crippen LogP contribution is -2.12. The van der Waals surface area contributed by atoms with Gasteiger partial charge in [0.2, 0.25) is 0 Å². The molecular formula is C23H22BrF3N2O4S. The van der Waals surface area contributed by atoms with Crippen molar-refractivity contribution in [3.8, 4) is 5.75 Å². The minimum absolute atomic E-state index is 0.0267. The van der Waals surface area contributed by atoms with Crippen LogP contribution in [-0.2, 0) is 29.3 Å². The molecule has 1 saturated carbocycles. The lowest BCUT2D eigenvalue weighted by Gasteiger charge is -2.15. The number of carbonyl (C=O) groups is 1. The molecule has 1 aromatic heterocycles. The minimum Gasteiger partial charge on any atom is -0.506 e. The summed E-state index contributed by atoms with van der Waals surface area (Å²) >= 11 is 3.36. The standard InChI is InChI=1S/C23H22BrF3N2O4S/c1-28(2)10-15-19-17(9-16(24)21(15)30)29(13-5-6-13)18(20(19)22(31)32)11-34(33)14-7-3-12(4-8-14)23(25,26)27/h3-4,7-9,13,30H,5-6,10-11H2,1-2H3,(H,31,32). The van der Waals surface area contributed by atoms with Crippen LogP contribution in [0, 0.1) is 0 Å². The molecular weight excluding hydrogens is 537 g/mol. The van der Waals surface area contributed by atoms with Gasteiger partial charge in [0.05, 0.1) is 37.7 Å². The minimum atomic E-state index is -4.51. The number of carboxylic acid groups (broad SMARTS) is 1. The molecule has 6 nitrogen and oxygen atoms in total. The van der Waals surface area contributed by atoms with Crippen molar-refractivity contribution in [1.82, 2.24) is 9.47 Å². The van der Waals surface area contributed by atoms with Gasteiger partial charge in [-0.05, 0) is 73.2 Å². The van der Waals surface area contributed by atoms with E-state index in [1.54, 1.807) is 25.1 Å². The predicted octanol–water partition coefficient (Wildman–Crippen LogP) is 5.53. The van der Waals surface area contributed by atoms with Gasteiger partial charge >= 0.3 is 12.1 Å². The summed E-state index contributed by atoms with van der Waals surface area (Å²) in [6.07, 6.45) is -2.86. The molecule has 0 saturated heterocycles. The Labute approximate surface area is 204 Å². The number of benzene rings is 2. The maximum absolute atomic E-state index is 13.2. The van der Waals surface area contributed by atoms with Crippen LogP contribution in [0.25, 0.3) is 10.9 Å². The molecule has 0 amide bonds. The normalized spacial score (nSPS) is 15.3. The molecule has 1 aliphatic rings. The molecule has 1 fully saturated rings. The molecule has 1 unspecified atom stereocenters. The largest absolute Gasteiger partial charge is 0.506 e. The van der Waals surface area contributed by atoms with E-state index in [-0.39, 0.29) is 34.5 Å². The molecule has 2 aromatic carbocycles. The molecule has 0 spiro atoms. The second-order valence-corrected chi connectivity index (χ2v) is 10.9. The summed E-state index contributed by atoms with van der Waals surface area (Å²) in [4.78, 5) is 14.4. The Morgan fingerprint density at radius 1 is 1.24 bits per heavy atom. The first-order valence-corrected chi connectivity index (χ1v) is 12.5. The Morgan fingerprint density at radius 2 is 1.85 bits per heavy atom. The highest BCUT2D eigenvalue weighted by atomic mass is 79.9. The summed E-state index contributed by atoms with van der Waals surface area (Å²) in [6, 6.07) is 5.74. The molecule has 0 radical (unpaired) electrons. The molecule has 2 N–H and O–H groups in total. The Kier molecular flexibility index (Phi) is 6.56. The predicted molar refractivity (Wildman–Crippen MR) is 125 cm³/mol. The quantitative estimate of drug-likeness (QED) is 0.398. The van der Waals surface area contributed by atoms with Crippen molar-refractivity contribution in [3.05, 3.63) is 57.2 Å². The van der Waals surface area contributed by atoms with Crippen LogP contribution in [0.4, 0.5) is 13.2 Å². The highest BCUT2D eigenvalue weighted by Gasteiger charge is 2.35. The Bertz CT molecular complexity index is 1300. The molecule has 1 aliphatic carbocycles. The zero-order chi connectivity index (χ0) is 24.9. The number of aromatic nitrogens is 1. The van der Waals surface area contributed by atoms with Crippen LogP contribution in [0.1, 0.15) is 46.1 Å². The van der Waals surface area contributed by atoms with Gasteiger partial charge in [-0.1, -0.05) is 0 Å². The van der Waals surface area contributed by atoms with E-state index in [4.69, 9.17) is 0 Å². The van der Waals surface area contributed by atoms with Gasteiger partial charge in [0.15, 0.2) is 0 Å². The number of hydrogen-bond donors (Lipinski definition) is 2. The van der Waals surface area contributed by atoms with Crippen LogP contribution in [0.15, 0.2) is 39.7 Å². The van der Waals surface area contributed by atoms with Crippen molar-refractivity contribution in [1.29, 1.82) is 0 Å². The first-order valence-electron chi connectivity index (χ1n) is 10.4. The number of phenolic OH excluding ortho intramolecular Hbond substituents is 1. The molecule has 3 aromatic rings. The summed E-state index contributed by atoms with van der Waals surface area (Å²) in [6.45, 7) is 0.276. The highest BCUT2D eigenvalue weighted by Crippen LogP contribution is 2.46. The molecule has 1 heterocycles. The van der Waals surface area contributed by atoms with E-state index in [1.807, 2.05) is 4.57 Å². The fourth-order valence-electron chi connectivity index (χ4n) is 4.15. The monoisotopic (exact) mass is 558 g/mol. The third-order valence-electron chi connectivity index (χ3n) is 5.73. The molecule has 182 valence electrons. The lowest BCUT2D eigenvalue weighted by molar-refractivity contribution is -0.137. The van der Waals surface area contributed by atoms with Crippen molar-refractivity contribution in [2.24, 2.45) is 0 Å². The van der Waals surface area contributed by atoms with Crippen molar-refractivity contribution < 1.29 is 32.4 Å². The number of halogens is 4. The van der Waals surface area contributed by atoms with E-state index in [0.717, 1.165) is 37.1 Å². The summed E-state index contributed by atoms with van der Waals surface area (Å²) in [7, 11) is 1.81. The second kappa shape index (κ2) is 9.01. The summed E-state index contributed by atoms with van der Waals surface area (Å²) in [5.41, 5.74) is 0.497. The van der Waals surface area contributed by atoms with Crippen LogP contribution >= 0.6 is 15.9 Å². The summed E-state index contributed by atoms with van der Waals surface area (Å²) < 4.78 is 54.2. The van der Waals surface area contributed by atoms with Gasteiger partial charge in [-0.2, -0.15) is 13.2 Å². The first kappa shape index (κ1) is 24.7. The van der Waals surface area contributed by atoms with E-state index in [0.29, 0.717) is 26.6 Å². The molecule has 1 atom stereocenters. The Hall–Kier alpha value is -2.37. The van der Waals surface area contributed by atoms with Gasteiger partial charge in [0.25, 0.3) is 0 Å². The number of aromatic carboxylic acids is 1. The topological polar surface area (TPSA) is 82.8 Å². The molecule has 0 bridgehead atoms. The number of aromatic hydroxyl groups is 1. The number of rotatable bonds is 7. The molecule has 11 heteroatoms. The van der Waals surface area contributed by atoms with Crippen LogP contribution in [0.3, 0.4) is 0 Å². The fourth-order valence-corrected chi connectivity index (χ4v) is 5.75. The number of nitrogens with zero attached hydrogens (tertiary/aromatic N) is 2. The van der Waals surface area contributed by atoms with E-state index in [1.165, 1.54) is 0 Å². The van der Waals surface area contributed by atoms with Crippen molar-refractivity contribution >= 4 is 43.6 Å². The van der Waals surface area contributed by atoms with Crippen LogP contribution < -0.4 is 0 Å². The van der Waals surface area contributed by atoms with E-state index in [2.05, 4.69) is 15.9 Å². The van der Waals surface area contributed by atoms with Gasteiger partial charge < -0.3 is 19.7 Å². The maximum Gasteiger partial charge on any atom is 0.416 e. The number of hydrogen-bond acceptors (Lipinski definition) is 4. The van der Waals surface area contributed by atoms with E-state index in [9.17, 15) is 32.4 Å². The van der Waals surface area contributed by atoms with Gasteiger partial charge in [-0.3, -0.25) is 4.21 Å². The molecule has 34 heavy (non-hydrogen) atoms. The average molecular weight is 559 g/mol. The average Bonchev–Trinajstić information content (AvgIpc) is 3.53. The number of phenols is 1. The van der Waals surface area contributed by atoms with Crippen molar-refractivity contribution in [3.63, 3.8) is 0 Å². The third kappa shape index (κ3) is 4.60. The highest BCUT2D eigenvalue weighted by molar-refractivity contribution is 9.10. The van der Waals surface area contributed by atoms with Gasteiger partial charge in [-0.15, -0.1) is 0 Å². The summed E-state index contributed by atoms with van der Waals surface area (Å²) in [5.74, 6) is -1.46. The van der Waals surface area contributed by atoms with Gasteiger partial charge in [0, 0.05) is 34.1 Å². The van der Waals surface area contributed by atoms with Gasteiger partial charge in [0.1, 0.15) is 5.75 Å². The Balaban J connectivity index is 1.88. The van der Waals surface area contributed by atoms with Gasteiger partial charge in [-0.25, -0.2) is 4.79 Å².